The molecule has 1 aromatic heterocycles. The van der Waals surface area contributed by atoms with Crippen LogP contribution in [0.3, 0.4) is 0 Å². The van der Waals surface area contributed by atoms with Gasteiger partial charge in [0.1, 0.15) is 11.6 Å². The van der Waals surface area contributed by atoms with E-state index in [1.165, 1.54) is 12.3 Å². The Bertz CT molecular complexity index is 526. The van der Waals surface area contributed by atoms with Gasteiger partial charge in [-0.1, -0.05) is 0 Å². The second kappa shape index (κ2) is 5.63. The maximum Gasteiger partial charge on any atom is 0.328 e. The van der Waals surface area contributed by atoms with Crippen LogP contribution in [0.25, 0.3) is 0 Å². The number of nitro groups is 1. The van der Waals surface area contributed by atoms with E-state index >= 15 is 0 Å². The van der Waals surface area contributed by atoms with E-state index in [1.54, 1.807) is 6.07 Å². The predicted octanol–water partition coefficient (Wildman–Crippen LogP) is 1.43. The van der Waals surface area contributed by atoms with Crippen LogP contribution in [-0.4, -0.2) is 27.7 Å². The van der Waals surface area contributed by atoms with Crippen LogP contribution in [0.4, 0.5) is 11.5 Å². The first-order valence-corrected chi connectivity index (χ1v) is 6.07. The molecular formula is C12H14N4O3. The quantitative estimate of drug-likeness (QED) is 0.627. The number of aliphatic hydroxyl groups excluding tert-OH is 1. The molecule has 0 aliphatic heterocycles. The molecule has 7 heteroatoms. The zero-order valence-corrected chi connectivity index (χ0v) is 10.2. The smallest absolute Gasteiger partial charge is 0.328 e. The molecule has 0 saturated heterocycles. The van der Waals surface area contributed by atoms with Gasteiger partial charge >= 0.3 is 5.69 Å². The standard InChI is InChI=1S/C12H14N4O3/c13-6-9-3-4-14-12(11(9)16(18)19)15-7-8-1-2-10(17)5-8/h3-4,8,10,17H,1-2,5,7H2,(H,14,15). The lowest BCUT2D eigenvalue weighted by molar-refractivity contribution is -0.384. The fourth-order valence-electron chi connectivity index (χ4n) is 2.33. The SMILES string of the molecule is N#Cc1ccnc(NCC2CCC(O)C2)c1[N+](=O)[O-]. The molecule has 2 rings (SSSR count). The van der Waals surface area contributed by atoms with Gasteiger partial charge in [0, 0.05) is 12.7 Å². The van der Waals surface area contributed by atoms with Gasteiger partial charge in [0.2, 0.25) is 5.82 Å². The second-order valence-electron chi connectivity index (χ2n) is 4.64. The number of pyridine rings is 1. The number of anilines is 1. The van der Waals surface area contributed by atoms with Crippen molar-refractivity contribution in [2.75, 3.05) is 11.9 Å². The highest BCUT2D eigenvalue weighted by molar-refractivity contribution is 5.64. The van der Waals surface area contributed by atoms with Crippen LogP contribution >= 0.6 is 0 Å². The Morgan fingerprint density at radius 3 is 3.00 bits per heavy atom. The van der Waals surface area contributed by atoms with E-state index in [-0.39, 0.29) is 29.1 Å². The molecule has 1 fully saturated rings. The van der Waals surface area contributed by atoms with E-state index in [9.17, 15) is 15.2 Å². The van der Waals surface area contributed by atoms with Crippen molar-refractivity contribution in [3.8, 4) is 6.07 Å². The highest BCUT2D eigenvalue weighted by atomic mass is 16.6. The maximum atomic E-state index is 11.0. The van der Waals surface area contributed by atoms with Crippen LogP contribution in [0.15, 0.2) is 12.3 Å². The van der Waals surface area contributed by atoms with Crippen molar-refractivity contribution in [3.05, 3.63) is 27.9 Å². The summed E-state index contributed by atoms with van der Waals surface area (Å²) < 4.78 is 0. The molecule has 19 heavy (non-hydrogen) atoms. The van der Waals surface area contributed by atoms with Crippen molar-refractivity contribution < 1.29 is 10.0 Å². The van der Waals surface area contributed by atoms with Crippen LogP contribution in [0, 0.1) is 27.4 Å². The van der Waals surface area contributed by atoms with Crippen molar-refractivity contribution in [1.29, 1.82) is 5.26 Å². The summed E-state index contributed by atoms with van der Waals surface area (Å²) in [4.78, 5) is 14.3. The summed E-state index contributed by atoms with van der Waals surface area (Å²) in [7, 11) is 0. The number of nitrogens with one attached hydrogen (secondary N) is 1. The van der Waals surface area contributed by atoms with Gasteiger partial charge in [0.05, 0.1) is 11.0 Å². The number of aromatic nitrogens is 1. The summed E-state index contributed by atoms with van der Waals surface area (Å²) in [6.45, 7) is 0.514. The van der Waals surface area contributed by atoms with Crippen molar-refractivity contribution in [2.24, 2.45) is 5.92 Å². The van der Waals surface area contributed by atoms with E-state index in [1.807, 2.05) is 0 Å². The summed E-state index contributed by atoms with van der Waals surface area (Å²) in [5.41, 5.74) is -0.294. The summed E-state index contributed by atoms with van der Waals surface area (Å²) in [5, 5.41) is 32.2. The van der Waals surface area contributed by atoms with E-state index in [0.29, 0.717) is 13.0 Å². The van der Waals surface area contributed by atoms with Crippen LogP contribution in [0.1, 0.15) is 24.8 Å². The van der Waals surface area contributed by atoms with Gasteiger partial charge in [-0.2, -0.15) is 5.26 Å². The number of aliphatic hydroxyl groups is 1. The second-order valence-corrected chi connectivity index (χ2v) is 4.64. The van der Waals surface area contributed by atoms with Gasteiger partial charge in [-0.15, -0.1) is 0 Å². The third-order valence-electron chi connectivity index (χ3n) is 3.30. The Balaban J connectivity index is 2.12. The molecule has 0 amide bonds. The fraction of sp³-hybridized carbons (Fsp3) is 0.500. The Hall–Kier alpha value is -2.20. The molecule has 1 aliphatic carbocycles. The first-order chi connectivity index (χ1) is 9.11. The molecule has 0 aromatic carbocycles. The Morgan fingerprint density at radius 2 is 2.42 bits per heavy atom. The van der Waals surface area contributed by atoms with Gasteiger partial charge in [-0.25, -0.2) is 4.98 Å². The normalized spacial score (nSPS) is 21.9. The molecule has 2 N–H and O–H groups in total. The van der Waals surface area contributed by atoms with E-state index < -0.39 is 4.92 Å². The Kier molecular flexibility index (Phi) is 3.92. The number of rotatable bonds is 4. The predicted molar refractivity (Wildman–Crippen MR) is 67.4 cm³/mol. The lowest BCUT2D eigenvalue weighted by Gasteiger charge is -2.11. The third-order valence-corrected chi connectivity index (χ3v) is 3.30. The lowest BCUT2D eigenvalue weighted by atomic mass is 10.1. The minimum absolute atomic E-state index is 0.00560. The average Bonchev–Trinajstić information content (AvgIpc) is 2.81. The average molecular weight is 262 g/mol. The molecule has 1 heterocycles. The molecule has 7 nitrogen and oxygen atoms in total. The summed E-state index contributed by atoms with van der Waals surface area (Å²) >= 11 is 0. The number of hydrogen-bond acceptors (Lipinski definition) is 6. The van der Waals surface area contributed by atoms with Gasteiger partial charge in [0.25, 0.3) is 0 Å². The molecule has 0 spiro atoms. The highest BCUT2D eigenvalue weighted by Gasteiger charge is 2.25. The first-order valence-electron chi connectivity index (χ1n) is 6.07. The topological polar surface area (TPSA) is 112 Å². The van der Waals surface area contributed by atoms with Gasteiger partial charge in [0.15, 0.2) is 0 Å². The lowest BCUT2D eigenvalue weighted by Crippen LogP contribution is -2.14. The zero-order chi connectivity index (χ0) is 13.8. The van der Waals surface area contributed by atoms with E-state index in [0.717, 1.165) is 12.8 Å². The molecule has 1 saturated carbocycles. The molecule has 100 valence electrons. The van der Waals surface area contributed by atoms with Gasteiger partial charge in [-0.3, -0.25) is 10.1 Å². The minimum atomic E-state index is -0.600. The maximum absolute atomic E-state index is 11.0. The van der Waals surface area contributed by atoms with E-state index in [4.69, 9.17) is 5.26 Å². The van der Waals surface area contributed by atoms with Crippen LogP contribution < -0.4 is 5.32 Å². The van der Waals surface area contributed by atoms with Crippen LogP contribution in [0.5, 0.6) is 0 Å². The van der Waals surface area contributed by atoms with Crippen molar-refractivity contribution >= 4 is 11.5 Å². The number of nitrogens with zero attached hydrogens (tertiary/aromatic N) is 3. The third kappa shape index (κ3) is 2.98. The molecule has 2 unspecified atom stereocenters. The van der Waals surface area contributed by atoms with Crippen molar-refractivity contribution in [3.63, 3.8) is 0 Å². The number of nitriles is 1. The highest BCUT2D eigenvalue weighted by Crippen LogP contribution is 2.29. The minimum Gasteiger partial charge on any atom is -0.393 e. The molecule has 1 aliphatic rings. The van der Waals surface area contributed by atoms with Crippen molar-refractivity contribution in [1.82, 2.24) is 4.98 Å². The molecule has 0 radical (unpaired) electrons. The Labute approximate surface area is 110 Å². The summed E-state index contributed by atoms with van der Waals surface area (Å²) in [6, 6.07) is 3.11. The first kappa shape index (κ1) is 13.2. The van der Waals surface area contributed by atoms with Gasteiger partial charge < -0.3 is 10.4 Å². The van der Waals surface area contributed by atoms with Crippen molar-refractivity contribution in [2.45, 2.75) is 25.4 Å². The molecular weight excluding hydrogens is 248 g/mol. The monoisotopic (exact) mass is 262 g/mol. The number of hydrogen-bond donors (Lipinski definition) is 2. The molecule has 0 bridgehead atoms. The molecule has 2 atom stereocenters. The summed E-state index contributed by atoms with van der Waals surface area (Å²) in [5.74, 6) is 0.396. The van der Waals surface area contributed by atoms with E-state index in [2.05, 4.69) is 10.3 Å². The summed E-state index contributed by atoms with van der Waals surface area (Å²) in [6.07, 6.45) is 3.44. The van der Waals surface area contributed by atoms with Crippen LogP contribution in [0.2, 0.25) is 0 Å². The van der Waals surface area contributed by atoms with Crippen LogP contribution in [-0.2, 0) is 0 Å². The largest absolute Gasteiger partial charge is 0.393 e. The molecule has 1 aromatic rings. The Morgan fingerprint density at radius 1 is 1.63 bits per heavy atom. The fourth-order valence-corrected chi connectivity index (χ4v) is 2.33. The van der Waals surface area contributed by atoms with Gasteiger partial charge in [-0.05, 0) is 31.2 Å². The zero-order valence-electron chi connectivity index (χ0n) is 10.2.